The van der Waals surface area contributed by atoms with Crippen LogP contribution in [-0.4, -0.2) is 40.0 Å². The third kappa shape index (κ3) is 8.72. The van der Waals surface area contributed by atoms with Crippen molar-refractivity contribution in [2.24, 2.45) is 0 Å². The number of nitrogens with zero attached hydrogens (tertiary/aromatic N) is 3. The summed E-state index contributed by atoms with van der Waals surface area (Å²) in [4.78, 5) is 25.1. The van der Waals surface area contributed by atoms with Crippen LogP contribution in [0.15, 0.2) is 200 Å². The SMILES string of the molecule is N#C/C=C(/CCNC(=O)O)C(=O)Nc1cnn(CCOC(c2ccccc2)(c2ccccc2)c2ccccc2)c1NC(c1ccccc1)(c1ccccc1)c1ccccc1. The molecular formula is C50H44N6O4. The molecule has 0 saturated heterocycles. The van der Waals surface area contributed by atoms with Gasteiger partial charge in [0.1, 0.15) is 22.6 Å². The number of carbonyl (C=O) groups excluding carboxylic acids is 1. The Balaban J connectivity index is 1.34. The van der Waals surface area contributed by atoms with Crippen LogP contribution >= 0.6 is 0 Å². The van der Waals surface area contributed by atoms with Gasteiger partial charge in [-0.15, -0.1) is 0 Å². The molecule has 0 unspecified atom stereocenters. The Morgan fingerprint density at radius 2 is 1.08 bits per heavy atom. The maximum Gasteiger partial charge on any atom is 0.404 e. The van der Waals surface area contributed by atoms with E-state index >= 15 is 0 Å². The summed E-state index contributed by atoms with van der Waals surface area (Å²) < 4.78 is 8.96. The molecule has 0 atom stereocenters. The molecule has 1 aromatic heterocycles. The first kappa shape index (κ1) is 40.5. The topological polar surface area (TPSA) is 141 Å². The Kier molecular flexibility index (Phi) is 12.9. The lowest BCUT2D eigenvalue weighted by atomic mass is 9.77. The number of carboxylic acid groups (broad SMARTS) is 1. The number of anilines is 2. The lowest BCUT2D eigenvalue weighted by Gasteiger charge is -2.38. The average molecular weight is 793 g/mol. The van der Waals surface area contributed by atoms with E-state index in [2.05, 4.69) is 88.7 Å². The van der Waals surface area contributed by atoms with E-state index in [0.717, 1.165) is 39.5 Å². The quantitative estimate of drug-likeness (QED) is 0.0409. The number of nitriles is 1. The van der Waals surface area contributed by atoms with Gasteiger partial charge < -0.3 is 25.8 Å². The van der Waals surface area contributed by atoms with Gasteiger partial charge in [-0.05, 0) is 39.8 Å². The van der Waals surface area contributed by atoms with Crippen molar-refractivity contribution in [2.75, 3.05) is 23.8 Å². The van der Waals surface area contributed by atoms with Crippen molar-refractivity contribution in [2.45, 2.75) is 24.1 Å². The largest absolute Gasteiger partial charge is 0.465 e. The molecule has 0 radical (unpaired) electrons. The predicted molar refractivity (Wildman–Crippen MR) is 233 cm³/mol. The molecule has 10 nitrogen and oxygen atoms in total. The highest BCUT2D eigenvalue weighted by atomic mass is 16.5. The highest BCUT2D eigenvalue weighted by Crippen LogP contribution is 2.43. The molecule has 6 aromatic carbocycles. The number of ether oxygens (including phenoxy) is 1. The van der Waals surface area contributed by atoms with Crippen molar-refractivity contribution in [1.82, 2.24) is 15.1 Å². The summed E-state index contributed by atoms with van der Waals surface area (Å²) in [7, 11) is 0. The molecule has 0 bridgehead atoms. The zero-order valence-electron chi connectivity index (χ0n) is 32.8. The van der Waals surface area contributed by atoms with Gasteiger partial charge >= 0.3 is 6.09 Å². The van der Waals surface area contributed by atoms with Crippen LogP contribution < -0.4 is 16.0 Å². The van der Waals surface area contributed by atoms with Gasteiger partial charge in [-0.1, -0.05) is 182 Å². The van der Waals surface area contributed by atoms with E-state index in [1.807, 2.05) is 115 Å². The van der Waals surface area contributed by atoms with Crippen molar-refractivity contribution >= 4 is 23.5 Å². The van der Waals surface area contributed by atoms with E-state index in [1.165, 1.54) is 0 Å². The minimum Gasteiger partial charge on any atom is -0.465 e. The van der Waals surface area contributed by atoms with E-state index in [1.54, 1.807) is 10.9 Å². The van der Waals surface area contributed by atoms with Crippen molar-refractivity contribution in [3.05, 3.63) is 233 Å². The third-order valence-corrected chi connectivity index (χ3v) is 10.4. The van der Waals surface area contributed by atoms with Crippen LogP contribution in [-0.2, 0) is 27.2 Å². The first-order chi connectivity index (χ1) is 29.5. The number of rotatable bonds is 17. The number of hydrogen-bond acceptors (Lipinski definition) is 6. The Morgan fingerprint density at radius 1 is 0.667 bits per heavy atom. The fourth-order valence-corrected chi connectivity index (χ4v) is 7.63. The number of allylic oxidation sites excluding steroid dienone is 1. The number of benzene rings is 6. The minimum atomic E-state index is -1.23. The van der Waals surface area contributed by atoms with Gasteiger partial charge in [0, 0.05) is 18.2 Å². The molecule has 0 aliphatic rings. The van der Waals surface area contributed by atoms with Crippen molar-refractivity contribution < 1.29 is 19.4 Å². The van der Waals surface area contributed by atoms with Crippen LogP contribution in [0.4, 0.5) is 16.3 Å². The molecule has 7 rings (SSSR count). The fourth-order valence-electron chi connectivity index (χ4n) is 7.63. The van der Waals surface area contributed by atoms with Gasteiger partial charge in [-0.3, -0.25) is 4.79 Å². The van der Waals surface area contributed by atoms with E-state index in [4.69, 9.17) is 14.9 Å². The Morgan fingerprint density at radius 3 is 1.48 bits per heavy atom. The second kappa shape index (κ2) is 19.1. The summed E-state index contributed by atoms with van der Waals surface area (Å²) in [5.74, 6) is -0.0863. The average Bonchev–Trinajstić information content (AvgIpc) is 3.67. The first-order valence-electron chi connectivity index (χ1n) is 19.6. The molecule has 0 saturated carbocycles. The molecule has 10 heteroatoms. The summed E-state index contributed by atoms with van der Waals surface area (Å²) in [6, 6.07) is 62.6. The number of carbonyl (C=O) groups is 2. The third-order valence-electron chi connectivity index (χ3n) is 10.4. The van der Waals surface area contributed by atoms with Crippen LogP contribution in [0.25, 0.3) is 0 Å². The summed E-state index contributed by atoms with van der Waals surface area (Å²) >= 11 is 0. The van der Waals surface area contributed by atoms with Gasteiger partial charge in [0.15, 0.2) is 0 Å². The van der Waals surface area contributed by atoms with Gasteiger partial charge in [0.25, 0.3) is 5.91 Å². The zero-order chi connectivity index (χ0) is 41.6. The molecule has 0 aliphatic carbocycles. The maximum absolute atomic E-state index is 13.9. The summed E-state index contributed by atoms with van der Waals surface area (Å²) in [6.45, 7) is 0.394. The predicted octanol–water partition coefficient (Wildman–Crippen LogP) is 9.34. The molecule has 0 fully saturated rings. The molecule has 0 aliphatic heterocycles. The Bertz CT molecular complexity index is 2350. The molecule has 1 heterocycles. The molecule has 60 heavy (non-hydrogen) atoms. The van der Waals surface area contributed by atoms with Gasteiger partial charge in [-0.2, -0.15) is 10.4 Å². The highest BCUT2D eigenvalue weighted by Gasteiger charge is 2.40. The molecular weight excluding hydrogens is 749 g/mol. The van der Waals surface area contributed by atoms with E-state index in [0.29, 0.717) is 11.5 Å². The van der Waals surface area contributed by atoms with Crippen molar-refractivity contribution in [3.8, 4) is 6.07 Å². The fraction of sp³-hybridized carbons (Fsp3) is 0.120. The van der Waals surface area contributed by atoms with Crippen LogP contribution in [0.5, 0.6) is 0 Å². The van der Waals surface area contributed by atoms with E-state index < -0.39 is 23.1 Å². The smallest absolute Gasteiger partial charge is 0.404 e. The van der Waals surface area contributed by atoms with Crippen LogP contribution in [0.2, 0.25) is 0 Å². The van der Waals surface area contributed by atoms with Crippen molar-refractivity contribution in [1.29, 1.82) is 5.26 Å². The monoisotopic (exact) mass is 792 g/mol. The molecule has 4 N–H and O–H groups in total. The summed E-state index contributed by atoms with van der Waals surface area (Å²) in [5.41, 5.74) is 4.15. The van der Waals surface area contributed by atoms with Gasteiger partial charge in [0.05, 0.1) is 25.4 Å². The standard InChI is InChI=1S/C50H44N6O4/c51-33-31-38(32-34-52-48(58)59)47(57)54-45-37-53-56(35-36-60-50(42-25-13-4-14-26-42,43-27-15-5-16-28-43)44-29-17-6-18-30-44)46(45)55-49(39-19-7-1-8-20-39,40-21-9-2-10-22-40)41-23-11-3-12-24-41/h1-31,37,52,55H,32,34-36H2,(H,54,57)(H,58,59)/b38-31-. The number of nitrogens with one attached hydrogen (secondary N) is 3. The second-order valence-corrected chi connectivity index (χ2v) is 14.0. The number of hydrogen-bond donors (Lipinski definition) is 4. The van der Waals surface area contributed by atoms with Crippen molar-refractivity contribution in [3.63, 3.8) is 0 Å². The summed E-state index contributed by atoms with van der Waals surface area (Å²) in [5, 5.41) is 32.7. The maximum atomic E-state index is 13.9. The molecule has 7 aromatic rings. The van der Waals surface area contributed by atoms with E-state index in [-0.39, 0.29) is 31.7 Å². The highest BCUT2D eigenvalue weighted by molar-refractivity contribution is 6.05. The van der Waals surface area contributed by atoms with Crippen LogP contribution in [0, 0.1) is 11.3 Å². The second-order valence-electron chi connectivity index (χ2n) is 14.0. The number of amides is 2. The Labute approximate surface area is 349 Å². The van der Waals surface area contributed by atoms with Gasteiger partial charge in [-0.25, -0.2) is 9.48 Å². The van der Waals surface area contributed by atoms with Crippen LogP contribution in [0.3, 0.4) is 0 Å². The lowest BCUT2D eigenvalue weighted by molar-refractivity contribution is -0.113. The van der Waals surface area contributed by atoms with E-state index in [9.17, 15) is 14.9 Å². The van der Waals surface area contributed by atoms with Crippen LogP contribution in [0.1, 0.15) is 39.8 Å². The molecule has 2 amide bonds. The lowest BCUT2D eigenvalue weighted by Crippen LogP contribution is -2.39. The zero-order valence-corrected chi connectivity index (χ0v) is 32.8. The molecule has 298 valence electrons. The molecule has 0 spiro atoms. The first-order valence-corrected chi connectivity index (χ1v) is 19.6. The summed E-state index contributed by atoms with van der Waals surface area (Å²) in [6.07, 6.45) is 1.48. The minimum absolute atomic E-state index is 0.00104. The van der Waals surface area contributed by atoms with Gasteiger partial charge in [0.2, 0.25) is 0 Å². The normalized spacial score (nSPS) is 11.6. The number of aromatic nitrogens is 2. The Hall–Kier alpha value is -7.74.